The van der Waals surface area contributed by atoms with Crippen molar-refractivity contribution in [3.63, 3.8) is 0 Å². The summed E-state index contributed by atoms with van der Waals surface area (Å²) in [4.78, 5) is 26.7. The molecule has 1 aromatic heterocycles. The van der Waals surface area contributed by atoms with Crippen LogP contribution < -0.4 is 15.9 Å². The molecule has 0 bridgehead atoms. The maximum absolute atomic E-state index is 12.2. The Morgan fingerprint density at radius 2 is 1.86 bits per heavy atom. The highest BCUT2D eigenvalue weighted by atomic mass is 16.1. The highest BCUT2D eigenvalue weighted by Crippen LogP contribution is 2.40. The molecule has 4 heterocycles. The summed E-state index contributed by atoms with van der Waals surface area (Å²) in [5, 5.41) is 3.46. The molecular weight excluding hydrogens is 436 g/mol. The number of nitrogens with one attached hydrogen (secondary N) is 2. The largest absolute Gasteiger partial charge is 0.353 e. The van der Waals surface area contributed by atoms with E-state index in [1.807, 2.05) is 13.8 Å². The summed E-state index contributed by atoms with van der Waals surface area (Å²) in [6.45, 7) is 14.2. The van der Waals surface area contributed by atoms with E-state index in [2.05, 4.69) is 75.1 Å². The van der Waals surface area contributed by atoms with Gasteiger partial charge in [0.05, 0.1) is 0 Å². The van der Waals surface area contributed by atoms with Crippen LogP contribution in [0.4, 0.5) is 5.82 Å². The number of rotatable bonds is 2. The minimum Gasteiger partial charge on any atom is -0.353 e. The second-order valence-electron chi connectivity index (χ2n) is 10.3. The van der Waals surface area contributed by atoms with Gasteiger partial charge in [0, 0.05) is 62.1 Å². The minimum atomic E-state index is -0.224. The van der Waals surface area contributed by atoms with Crippen LogP contribution in [-0.4, -0.2) is 65.1 Å². The van der Waals surface area contributed by atoms with E-state index in [0.717, 1.165) is 63.1 Å². The third kappa shape index (κ3) is 5.79. The normalized spacial score (nSPS) is 25.9. The average Bonchev–Trinajstić information content (AvgIpc) is 3.58. The maximum Gasteiger partial charge on any atom is 0.347 e. The SMILES string of the molecule is CC.C[C@@H]1CCCN1C.C[C@H]1CN(c2nc(=O)[nH]c3c2CN(C2CCc4ccccc42)C3)CCN1. The highest BCUT2D eigenvalue weighted by molar-refractivity contribution is 5.51. The number of aromatic nitrogens is 2. The first-order chi connectivity index (χ1) is 17.0. The van der Waals surface area contributed by atoms with Gasteiger partial charge in [0.15, 0.2) is 0 Å². The average molecular weight is 481 g/mol. The molecule has 2 N–H and O–H groups in total. The predicted molar refractivity (Wildman–Crippen MR) is 144 cm³/mol. The number of nitrogens with zero attached hydrogens (tertiary/aromatic N) is 4. The molecule has 0 amide bonds. The van der Waals surface area contributed by atoms with Crippen molar-refractivity contribution < 1.29 is 0 Å². The Hall–Kier alpha value is -2.22. The Balaban J connectivity index is 0.000000275. The van der Waals surface area contributed by atoms with Crippen LogP contribution in [-0.2, 0) is 19.5 Å². The molecule has 3 aliphatic heterocycles. The summed E-state index contributed by atoms with van der Waals surface area (Å²) in [6.07, 6.45) is 5.10. The van der Waals surface area contributed by atoms with E-state index in [1.165, 1.54) is 36.1 Å². The predicted octanol–water partition coefficient (Wildman–Crippen LogP) is 3.70. The van der Waals surface area contributed by atoms with E-state index in [9.17, 15) is 4.79 Å². The number of piperazine rings is 1. The zero-order valence-electron chi connectivity index (χ0n) is 22.3. The van der Waals surface area contributed by atoms with Gasteiger partial charge in [-0.3, -0.25) is 4.90 Å². The molecule has 4 aliphatic rings. The van der Waals surface area contributed by atoms with Gasteiger partial charge in [-0.05, 0) is 64.3 Å². The third-order valence-corrected chi connectivity index (χ3v) is 7.92. The molecule has 2 fully saturated rings. The molecule has 0 spiro atoms. The number of benzene rings is 1. The lowest BCUT2D eigenvalue weighted by Gasteiger charge is -2.33. The molecule has 35 heavy (non-hydrogen) atoms. The van der Waals surface area contributed by atoms with Gasteiger partial charge >= 0.3 is 5.69 Å². The molecule has 2 saturated heterocycles. The first kappa shape index (κ1) is 25.9. The summed E-state index contributed by atoms with van der Waals surface area (Å²) >= 11 is 0. The zero-order valence-corrected chi connectivity index (χ0v) is 22.3. The Morgan fingerprint density at radius 1 is 1.06 bits per heavy atom. The minimum absolute atomic E-state index is 0.224. The van der Waals surface area contributed by atoms with Gasteiger partial charge in [0.2, 0.25) is 0 Å². The van der Waals surface area contributed by atoms with Gasteiger partial charge in [0.1, 0.15) is 5.82 Å². The molecule has 192 valence electrons. The Labute approximate surface area is 210 Å². The highest BCUT2D eigenvalue weighted by Gasteiger charge is 2.34. The van der Waals surface area contributed by atoms with Crippen LogP contribution >= 0.6 is 0 Å². The number of aryl methyl sites for hydroxylation is 1. The Kier molecular flexibility index (Phi) is 8.63. The van der Waals surface area contributed by atoms with Crippen molar-refractivity contribution in [2.24, 2.45) is 0 Å². The third-order valence-electron chi connectivity index (χ3n) is 7.92. The van der Waals surface area contributed by atoms with Crippen LogP contribution in [0.2, 0.25) is 0 Å². The number of hydrogen-bond acceptors (Lipinski definition) is 6. The Bertz CT molecular complexity index is 1030. The quantitative estimate of drug-likeness (QED) is 0.683. The molecule has 0 radical (unpaired) electrons. The summed E-state index contributed by atoms with van der Waals surface area (Å²) in [7, 11) is 2.19. The number of hydrogen-bond donors (Lipinski definition) is 2. The topological polar surface area (TPSA) is 67.5 Å². The van der Waals surface area contributed by atoms with Crippen LogP contribution in [0.1, 0.15) is 75.4 Å². The van der Waals surface area contributed by atoms with Crippen LogP contribution in [0, 0.1) is 0 Å². The summed E-state index contributed by atoms with van der Waals surface area (Å²) in [5.74, 6) is 0.894. The fourth-order valence-corrected chi connectivity index (χ4v) is 5.89. The lowest BCUT2D eigenvalue weighted by Crippen LogP contribution is -2.50. The van der Waals surface area contributed by atoms with Crippen LogP contribution in [0.25, 0.3) is 0 Å². The van der Waals surface area contributed by atoms with E-state index in [4.69, 9.17) is 0 Å². The van der Waals surface area contributed by atoms with Gasteiger partial charge in [0.25, 0.3) is 0 Å². The molecule has 3 atom stereocenters. The van der Waals surface area contributed by atoms with E-state index >= 15 is 0 Å². The van der Waals surface area contributed by atoms with Gasteiger partial charge in [-0.15, -0.1) is 0 Å². The van der Waals surface area contributed by atoms with Crippen molar-refractivity contribution >= 4 is 5.82 Å². The van der Waals surface area contributed by atoms with Crippen molar-refractivity contribution in [1.82, 2.24) is 25.1 Å². The van der Waals surface area contributed by atoms with E-state index in [-0.39, 0.29) is 5.69 Å². The maximum atomic E-state index is 12.2. The van der Waals surface area contributed by atoms with E-state index < -0.39 is 0 Å². The summed E-state index contributed by atoms with van der Waals surface area (Å²) in [5.41, 5.74) is 4.96. The van der Waals surface area contributed by atoms with Crippen molar-refractivity contribution in [1.29, 1.82) is 0 Å². The van der Waals surface area contributed by atoms with Gasteiger partial charge in [-0.25, -0.2) is 4.79 Å². The zero-order chi connectivity index (χ0) is 24.9. The van der Waals surface area contributed by atoms with Crippen molar-refractivity contribution in [3.8, 4) is 0 Å². The van der Waals surface area contributed by atoms with Gasteiger partial charge < -0.3 is 20.1 Å². The van der Waals surface area contributed by atoms with Crippen LogP contribution in [0.3, 0.4) is 0 Å². The monoisotopic (exact) mass is 480 g/mol. The molecule has 1 aromatic carbocycles. The van der Waals surface area contributed by atoms with Crippen molar-refractivity contribution in [3.05, 3.63) is 57.1 Å². The number of anilines is 1. The fourth-order valence-electron chi connectivity index (χ4n) is 5.89. The lowest BCUT2D eigenvalue weighted by atomic mass is 10.1. The number of likely N-dealkylation sites (tertiary alicyclic amines) is 1. The molecule has 2 aromatic rings. The fraction of sp³-hybridized carbons (Fsp3) is 0.643. The van der Waals surface area contributed by atoms with Crippen LogP contribution in [0.15, 0.2) is 29.1 Å². The summed E-state index contributed by atoms with van der Waals surface area (Å²) in [6, 6.07) is 10.5. The standard InChI is InChI=1S/C20H25N5O.C6H13N.C2H6/c1-13-10-24(9-8-21-13)19-16-11-25(12-17(16)22-20(26)23-19)18-7-6-14-4-2-3-5-15(14)18;1-6-4-3-5-7(6)2;1-2/h2-5,13,18,21H,6-12H2,1H3,(H,22,23,26);6H,3-5H2,1-2H3;1-2H3/t13-,18?;6-;/m01./s1. The first-order valence-corrected chi connectivity index (χ1v) is 13.6. The van der Waals surface area contributed by atoms with Crippen LogP contribution in [0.5, 0.6) is 0 Å². The second-order valence-corrected chi connectivity index (χ2v) is 10.3. The summed E-state index contributed by atoms with van der Waals surface area (Å²) < 4.78 is 0. The van der Waals surface area contributed by atoms with Gasteiger partial charge in [-0.1, -0.05) is 38.1 Å². The molecule has 1 aliphatic carbocycles. The van der Waals surface area contributed by atoms with Crippen molar-refractivity contribution in [2.45, 2.75) is 84.6 Å². The molecule has 1 unspecified atom stereocenters. The molecular formula is C28H44N6O. The Morgan fingerprint density at radius 3 is 2.54 bits per heavy atom. The number of H-pyrrole nitrogens is 1. The molecule has 0 saturated carbocycles. The molecule has 7 nitrogen and oxygen atoms in total. The lowest BCUT2D eigenvalue weighted by molar-refractivity contribution is 0.199. The molecule has 7 heteroatoms. The van der Waals surface area contributed by atoms with Gasteiger partial charge in [-0.2, -0.15) is 4.98 Å². The van der Waals surface area contributed by atoms with Crippen molar-refractivity contribution in [2.75, 3.05) is 38.1 Å². The second kappa shape index (κ2) is 11.7. The first-order valence-electron chi connectivity index (χ1n) is 13.6. The number of fused-ring (bicyclic) bond motifs is 2. The number of aromatic amines is 1. The van der Waals surface area contributed by atoms with E-state index in [1.54, 1.807) is 0 Å². The smallest absolute Gasteiger partial charge is 0.347 e. The molecule has 6 rings (SSSR count). The van der Waals surface area contributed by atoms with E-state index in [0.29, 0.717) is 12.1 Å².